The lowest BCUT2D eigenvalue weighted by atomic mass is 10.2. The van der Waals surface area contributed by atoms with E-state index < -0.39 is 0 Å². The maximum absolute atomic E-state index is 5.19. The van der Waals surface area contributed by atoms with Crippen molar-refractivity contribution in [3.05, 3.63) is 47.9 Å². The molecular formula is C15H17N5OS. The Bertz CT molecular complexity index is 752. The summed E-state index contributed by atoms with van der Waals surface area (Å²) in [5, 5.41) is 12.5. The van der Waals surface area contributed by atoms with Gasteiger partial charge in [-0.2, -0.15) is 4.98 Å². The molecule has 0 N–H and O–H groups in total. The Labute approximate surface area is 133 Å². The van der Waals surface area contributed by atoms with Gasteiger partial charge in [0.2, 0.25) is 5.89 Å². The number of rotatable bonds is 5. The van der Waals surface area contributed by atoms with Gasteiger partial charge in [-0.3, -0.25) is 0 Å². The van der Waals surface area contributed by atoms with Crippen LogP contribution in [0.15, 0.2) is 34.9 Å². The number of thioether (sulfide) groups is 1. The molecule has 0 spiro atoms. The van der Waals surface area contributed by atoms with Crippen molar-refractivity contribution >= 4 is 11.8 Å². The van der Waals surface area contributed by atoms with Crippen molar-refractivity contribution in [2.24, 2.45) is 7.05 Å². The second-order valence-corrected chi connectivity index (χ2v) is 6.33. The van der Waals surface area contributed by atoms with Gasteiger partial charge in [0.15, 0.2) is 11.6 Å². The van der Waals surface area contributed by atoms with Crippen LogP contribution in [0.5, 0.6) is 0 Å². The van der Waals surface area contributed by atoms with E-state index in [1.54, 1.807) is 11.8 Å². The molecule has 22 heavy (non-hydrogen) atoms. The van der Waals surface area contributed by atoms with E-state index in [2.05, 4.69) is 20.3 Å². The van der Waals surface area contributed by atoms with Crippen LogP contribution >= 0.6 is 11.8 Å². The Morgan fingerprint density at radius 2 is 2.00 bits per heavy atom. The maximum atomic E-state index is 5.19. The van der Waals surface area contributed by atoms with Gasteiger partial charge in [0, 0.05) is 12.6 Å². The van der Waals surface area contributed by atoms with Crippen molar-refractivity contribution in [1.82, 2.24) is 24.9 Å². The highest BCUT2D eigenvalue weighted by molar-refractivity contribution is 7.98. The lowest BCUT2D eigenvalue weighted by Gasteiger charge is -2.07. The van der Waals surface area contributed by atoms with Crippen LogP contribution in [-0.2, 0) is 12.8 Å². The van der Waals surface area contributed by atoms with Gasteiger partial charge in [-0.05, 0) is 13.8 Å². The lowest BCUT2D eigenvalue weighted by molar-refractivity contribution is 0.376. The van der Waals surface area contributed by atoms with Crippen LogP contribution in [-0.4, -0.2) is 24.9 Å². The van der Waals surface area contributed by atoms with E-state index in [4.69, 9.17) is 4.52 Å². The second-order valence-electron chi connectivity index (χ2n) is 5.00. The minimum absolute atomic E-state index is 0.123. The lowest BCUT2D eigenvalue weighted by Crippen LogP contribution is -1.99. The molecule has 0 saturated carbocycles. The molecule has 0 aliphatic carbocycles. The van der Waals surface area contributed by atoms with Crippen molar-refractivity contribution in [1.29, 1.82) is 0 Å². The molecule has 3 aromatic rings. The molecule has 1 aromatic carbocycles. The first-order chi connectivity index (χ1) is 10.6. The first-order valence-electron chi connectivity index (χ1n) is 7.00. The molecule has 1 atom stereocenters. The number of nitrogens with zero attached hydrogens (tertiary/aromatic N) is 5. The summed E-state index contributed by atoms with van der Waals surface area (Å²) in [7, 11) is 1.99. The fourth-order valence-electron chi connectivity index (χ4n) is 2.07. The molecule has 0 aliphatic rings. The number of aromatic nitrogens is 5. The van der Waals surface area contributed by atoms with Crippen LogP contribution in [0.1, 0.15) is 29.7 Å². The molecule has 1 unspecified atom stereocenters. The molecule has 6 nitrogen and oxygen atoms in total. The van der Waals surface area contributed by atoms with Crippen molar-refractivity contribution in [3.8, 4) is 11.4 Å². The minimum Gasteiger partial charge on any atom is -0.338 e. The summed E-state index contributed by atoms with van der Waals surface area (Å²) < 4.78 is 7.22. The van der Waals surface area contributed by atoms with E-state index in [1.165, 1.54) is 0 Å². The fraction of sp³-hybridized carbons (Fsp3) is 0.333. The fourth-order valence-corrected chi connectivity index (χ4v) is 2.96. The normalized spacial score (nSPS) is 12.5. The molecule has 0 bridgehead atoms. The zero-order valence-corrected chi connectivity index (χ0v) is 13.5. The monoisotopic (exact) mass is 315 g/mol. The first-order valence-corrected chi connectivity index (χ1v) is 8.05. The summed E-state index contributed by atoms with van der Waals surface area (Å²) in [6.07, 6.45) is 0. The van der Waals surface area contributed by atoms with Gasteiger partial charge in [0.1, 0.15) is 5.82 Å². The third-order valence-corrected chi connectivity index (χ3v) is 4.48. The van der Waals surface area contributed by atoms with Gasteiger partial charge >= 0.3 is 0 Å². The van der Waals surface area contributed by atoms with Crippen molar-refractivity contribution < 1.29 is 4.52 Å². The summed E-state index contributed by atoms with van der Waals surface area (Å²) in [5.74, 6) is 3.84. The van der Waals surface area contributed by atoms with E-state index in [1.807, 2.05) is 55.8 Å². The summed E-state index contributed by atoms with van der Waals surface area (Å²) >= 11 is 1.70. The smallest absolute Gasteiger partial charge is 0.239 e. The SMILES string of the molecule is Cc1noc(C(C)SCc2nnc(-c3ccccc3)n2C)n1. The molecule has 0 fully saturated rings. The van der Waals surface area contributed by atoms with E-state index in [9.17, 15) is 0 Å². The van der Waals surface area contributed by atoms with Crippen LogP contribution in [0.4, 0.5) is 0 Å². The summed E-state index contributed by atoms with van der Waals surface area (Å²) in [5.41, 5.74) is 1.06. The van der Waals surface area contributed by atoms with Gasteiger partial charge in [0.05, 0.1) is 11.0 Å². The molecule has 0 radical (unpaired) electrons. The second kappa shape index (κ2) is 6.31. The third-order valence-electron chi connectivity index (χ3n) is 3.35. The molecule has 0 amide bonds. The maximum Gasteiger partial charge on any atom is 0.239 e. The zero-order chi connectivity index (χ0) is 15.5. The highest BCUT2D eigenvalue weighted by atomic mass is 32.2. The molecule has 3 rings (SSSR count). The molecule has 0 aliphatic heterocycles. The molecular weight excluding hydrogens is 298 g/mol. The molecule has 2 heterocycles. The Morgan fingerprint density at radius 3 is 2.68 bits per heavy atom. The zero-order valence-electron chi connectivity index (χ0n) is 12.7. The van der Waals surface area contributed by atoms with Gasteiger partial charge < -0.3 is 9.09 Å². The van der Waals surface area contributed by atoms with Gasteiger partial charge in [0.25, 0.3) is 0 Å². The molecule has 0 saturated heterocycles. The van der Waals surface area contributed by atoms with Gasteiger partial charge in [-0.25, -0.2) is 0 Å². The highest BCUT2D eigenvalue weighted by Gasteiger charge is 2.16. The van der Waals surface area contributed by atoms with E-state index in [0.29, 0.717) is 11.7 Å². The Morgan fingerprint density at radius 1 is 1.23 bits per heavy atom. The third kappa shape index (κ3) is 3.04. The number of benzene rings is 1. The van der Waals surface area contributed by atoms with Crippen molar-refractivity contribution in [2.45, 2.75) is 24.9 Å². The van der Waals surface area contributed by atoms with Gasteiger partial charge in [-0.15, -0.1) is 22.0 Å². The summed E-state index contributed by atoms with van der Waals surface area (Å²) in [4.78, 5) is 4.26. The standard InChI is InChI=1S/C15H17N5OS/c1-10(15-16-11(2)19-21-15)22-9-13-17-18-14(20(13)3)12-7-5-4-6-8-12/h4-8,10H,9H2,1-3H3. The minimum atomic E-state index is 0.123. The largest absolute Gasteiger partial charge is 0.338 e. The van der Waals surface area contributed by atoms with Crippen molar-refractivity contribution in [3.63, 3.8) is 0 Å². The summed E-state index contributed by atoms with van der Waals surface area (Å²) in [6, 6.07) is 10.1. The van der Waals surface area contributed by atoms with Crippen molar-refractivity contribution in [2.75, 3.05) is 0 Å². The average Bonchev–Trinajstić information content (AvgIpc) is 3.12. The van der Waals surface area contributed by atoms with Crippen LogP contribution in [0, 0.1) is 6.92 Å². The van der Waals surface area contributed by atoms with E-state index in [0.717, 1.165) is 23.0 Å². The number of hydrogen-bond donors (Lipinski definition) is 0. The van der Waals surface area contributed by atoms with Crippen LogP contribution in [0.2, 0.25) is 0 Å². The average molecular weight is 315 g/mol. The number of hydrogen-bond acceptors (Lipinski definition) is 6. The molecule has 7 heteroatoms. The van der Waals surface area contributed by atoms with Crippen LogP contribution in [0.25, 0.3) is 11.4 Å². The first kappa shape index (κ1) is 14.8. The van der Waals surface area contributed by atoms with Crippen LogP contribution in [0.3, 0.4) is 0 Å². The van der Waals surface area contributed by atoms with E-state index >= 15 is 0 Å². The Hall–Kier alpha value is -2.15. The highest BCUT2D eigenvalue weighted by Crippen LogP contribution is 2.30. The number of aryl methyl sites for hydroxylation is 1. The quantitative estimate of drug-likeness (QED) is 0.720. The van der Waals surface area contributed by atoms with E-state index in [-0.39, 0.29) is 5.25 Å². The predicted octanol–water partition coefficient (Wildman–Crippen LogP) is 3.17. The molecule has 2 aromatic heterocycles. The van der Waals surface area contributed by atoms with Gasteiger partial charge in [-0.1, -0.05) is 35.5 Å². The van der Waals surface area contributed by atoms with Crippen LogP contribution < -0.4 is 0 Å². The Kier molecular flexibility index (Phi) is 4.24. The molecule has 114 valence electrons. The topological polar surface area (TPSA) is 69.6 Å². The summed E-state index contributed by atoms with van der Waals surface area (Å²) in [6.45, 7) is 3.87. The predicted molar refractivity (Wildman–Crippen MR) is 85.2 cm³/mol. The Balaban J connectivity index is 1.70.